The van der Waals surface area contributed by atoms with Gasteiger partial charge in [0.15, 0.2) is 0 Å². The van der Waals surface area contributed by atoms with Crippen LogP contribution in [0.4, 0.5) is 13.2 Å². The molecule has 1 aromatic heterocycles. The van der Waals surface area contributed by atoms with Crippen LogP contribution in [0.15, 0.2) is 47.6 Å². The normalized spacial score (nSPS) is 15.3. The van der Waals surface area contributed by atoms with Crippen LogP contribution >= 0.6 is 0 Å². The zero-order valence-corrected chi connectivity index (χ0v) is 13.6. The van der Waals surface area contributed by atoms with Gasteiger partial charge in [-0.3, -0.25) is 4.79 Å². The number of pyridine rings is 1. The lowest BCUT2D eigenvalue weighted by Gasteiger charge is -2.11. The van der Waals surface area contributed by atoms with Gasteiger partial charge in [0.2, 0.25) is 0 Å². The lowest BCUT2D eigenvalue weighted by Crippen LogP contribution is -2.22. The summed E-state index contributed by atoms with van der Waals surface area (Å²) in [6, 6.07) is 8.02. The predicted molar refractivity (Wildman–Crippen MR) is 85.0 cm³/mol. The monoisotopic (exact) mass is 350 g/mol. The zero-order valence-electron chi connectivity index (χ0n) is 13.6. The summed E-state index contributed by atoms with van der Waals surface area (Å²) in [5.74, 6) is -0.135. The SMILES string of the molecule is COc1ccc(C(F)(F)F)cc1C(=O)N=c1ccccn1CC1CC1. The molecular weight excluding hydrogens is 333 g/mol. The summed E-state index contributed by atoms with van der Waals surface area (Å²) < 4.78 is 45.6. The van der Waals surface area contributed by atoms with Crippen molar-refractivity contribution in [1.29, 1.82) is 0 Å². The molecule has 1 saturated carbocycles. The van der Waals surface area contributed by atoms with Crippen molar-refractivity contribution in [3.63, 3.8) is 0 Å². The van der Waals surface area contributed by atoms with Gasteiger partial charge in [0, 0.05) is 12.7 Å². The molecule has 0 N–H and O–H groups in total. The summed E-state index contributed by atoms with van der Waals surface area (Å²) >= 11 is 0. The summed E-state index contributed by atoms with van der Waals surface area (Å²) in [6.45, 7) is 0.743. The third-order valence-electron chi connectivity index (χ3n) is 4.04. The fourth-order valence-electron chi connectivity index (χ4n) is 2.52. The molecule has 1 amide bonds. The quantitative estimate of drug-likeness (QED) is 0.844. The Bertz CT molecular complexity index is 852. The van der Waals surface area contributed by atoms with E-state index >= 15 is 0 Å². The largest absolute Gasteiger partial charge is 0.496 e. The van der Waals surface area contributed by atoms with Crippen LogP contribution in [-0.4, -0.2) is 17.6 Å². The zero-order chi connectivity index (χ0) is 18.0. The van der Waals surface area contributed by atoms with Crippen LogP contribution < -0.4 is 10.2 Å². The summed E-state index contributed by atoms with van der Waals surface area (Å²) in [4.78, 5) is 16.5. The van der Waals surface area contributed by atoms with Crippen molar-refractivity contribution in [2.24, 2.45) is 10.9 Å². The van der Waals surface area contributed by atoms with Crippen LogP contribution in [0.3, 0.4) is 0 Å². The van der Waals surface area contributed by atoms with Crippen molar-refractivity contribution in [2.75, 3.05) is 7.11 Å². The second-order valence-electron chi connectivity index (χ2n) is 5.98. The van der Waals surface area contributed by atoms with Gasteiger partial charge in [-0.2, -0.15) is 18.2 Å². The molecule has 0 unspecified atom stereocenters. The van der Waals surface area contributed by atoms with Gasteiger partial charge in [0.1, 0.15) is 11.2 Å². The molecule has 1 aliphatic carbocycles. The number of rotatable bonds is 4. The topological polar surface area (TPSA) is 43.6 Å². The third-order valence-corrected chi connectivity index (χ3v) is 4.04. The van der Waals surface area contributed by atoms with Gasteiger partial charge in [0.25, 0.3) is 5.91 Å². The molecule has 0 bridgehead atoms. The number of carbonyl (C=O) groups is 1. The van der Waals surface area contributed by atoms with Gasteiger partial charge in [-0.15, -0.1) is 0 Å². The van der Waals surface area contributed by atoms with Gasteiger partial charge in [-0.25, -0.2) is 0 Å². The molecule has 7 heteroatoms. The lowest BCUT2D eigenvalue weighted by molar-refractivity contribution is -0.137. The maximum absolute atomic E-state index is 12.9. The maximum atomic E-state index is 12.9. The second-order valence-corrected chi connectivity index (χ2v) is 5.98. The molecule has 0 saturated heterocycles. The van der Waals surface area contributed by atoms with Crippen LogP contribution in [0.2, 0.25) is 0 Å². The van der Waals surface area contributed by atoms with Crippen molar-refractivity contribution in [2.45, 2.75) is 25.6 Å². The van der Waals surface area contributed by atoms with Gasteiger partial charge in [-0.05, 0) is 49.1 Å². The number of halogens is 3. The number of aromatic nitrogens is 1. The smallest absolute Gasteiger partial charge is 0.416 e. The van der Waals surface area contributed by atoms with E-state index in [1.165, 1.54) is 7.11 Å². The first-order valence-corrected chi connectivity index (χ1v) is 7.88. The van der Waals surface area contributed by atoms with Crippen molar-refractivity contribution in [1.82, 2.24) is 4.57 Å². The Morgan fingerprint density at radius 3 is 2.68 bits per heavy atom. The van der Waals surface area contributed by atoms with Crippen molar-refractivity contribution >= 4 is 5.91 Å². The van der Waals surface area contributed by atoms with E-state index < -0.39 is 17.6 Å². The number of alkyl halides is 3. The standard InChI is InChI=1S/C18H17F3N2O2/c1-25-15-8-7-13(18(19,20)21)10-14(15)17(24)22-16-4-2-3-9-23(16)11-12-5-6-12/h2-4,7-10,12H,5-6,11H2,1H3. The van der Waals surface area contributed by atoms with Crippen LogP contribution in [0.5, 0.6) is 5.75 Å². The highest BCUT2D eigenvalue weighted by Crippen LogP contribution is 2.33. The lowest BCUT2D eigenvalue weighted by atomic mass is 10.1. The molecule has 132 valence electrons. The van der Waals surface area contributed by atoms with Crippen molar-refractivity contribution < 1.29 is 22.7 Å². The molecule has 4 nitrogen and oxygen atoms in total. The fourth-order valence-corrected chi connectivity index (χ4v) is 2.52. The summed E-state index contributed by atoms with van der Waals surface area (Å²) in [5.41, 5.74) is -0.705. The highest BCUT2D eigenvalue weighted by atomic mass is 19.4. The Morgan fingerprint density at radius 1 is 1.28 bits per heavy atom. The summed E-state index contributed by atoms with van der Waals surface area (Å²) in [7, 11) is 1.30. The van der Waals surface area contributed by atoms with E-state index in [0.29, 0.717) is 11.4 Å². The van der Waals surface area contributed by atoms with Crippen LogP contribution in [0, 0.1) is 5.92 Å². The van der Waals surface area contributed by atoms with E-state index in [1.807, 2.05) is 16.8 Å². The molecule has 2 aromatic rings. The molecule has 0 spiro atoms. The Morgan fingerprint density at radius 2 is 2.04 bits per heavy atom. The van der Waals surface area contributed by atoms with E-state index in [2.05, 4.69) is 4.99 Å². The molecule has 1 aliphatic rings. The number of nitrogens with zero attached hydrogens (tertiary/aromatic N) is 2. The molecule has 1 aromatic carbocycles. The minimum absolute atomic E-state index is 0.0615. The van der Waals surface area contributed by atoms with Crippen LogP contribution in [0.25, 0.3) is 0 Å². The number of methoxy groups -OCH3 is 1. The first-order valence-electron chi connectivity index (χ1n) is 7.88. The maximum Gasteiger partial charge on any atom is 0.416 e. The average molecular weight is 350 g/mol. The highest BCUT2D eigenvalue weighted by Gasteiger charge is 2.32. The minimum atomic E-state index is -4.54. The number of ether oxygens (including phenoxy) is 1. The number of amides is 1. The molecule has 3 rings (SSSR count). The Hall–Kier alpha value is -2.57. The van der Waals surface area contributed by atoms with Crippen molar-refractivity contribution in [3.05, 3.63) is 59.2 Å². The number of carbonyl (C=O) groups excluding carboxylic acids is 1. The fraction of sp³-hybridized carbons (Fsp3) is 0.333. The molecule has 1 fully saturated rings. The number of hydrogen-bond acceptors (Lipinski definition) is 2. The third kappa shape index (κ3) is 4.10. The molecule has 1 heterocycles. The second kappa shape index (κ2) is 6.74. The summed E-state index contributed by atoms with van der Waals surface area (Å²) in [6.07, 6.45) is -0.457. The van der Waals surface area contributed by atoms with Crippen LogP contribution in [0.1, 0.15) is 28.8 Å². The molecule has 0 atom stereocenters. The van der Waals surface area contributed by atoms with E-state index in [1.54, 1.807) is 12.1 Å². The Labute approximate surface area is 142 Å². The van der Waals surface area contributed by atoms with Gasteiger partial charge in [-0.1, -0.05) is 6.07 Å². The number of benzene rings is 1. The molecule has 25 heavy (non-hydrogen) atoms. The Balaban J connectivity index is 2.01. The number of hydrogen-bond donors (Lipinski definition) is 0. The first-order chi connectivity index (χ1) is 11.9. The van der Waals surface area contributed by atoms with E-state index in [9.17, 15) is 18.0 Å². The summed E-state index contributed by atoms with van der Waals surface area (Å²) in [5, 5.41) is 0. The van der Waals surface area contributed by atoms with Gasteiger partial charge < -0.3 is 9.30 Å². The molecular formula is C18H17F3N2O2. The average Bonchev–Trinajstić information content (AvgIpc) is 3.39. The first kappa shape index (κ1) is 17.3. The van der Waals surface area contributed by atoms with Gasteiger partial charge in [0.05, 0.1) is 18.2 Å². The van der Waals surface area contributed by atoms with E-state index in [4.69, 9.17) is 4.74 Å². The van der Waals surface area contributed by atoms with Crippen molar-refractivity contribution in [3.8, 4) is 5.75 Å². The minimum Gasteiger partial charge on any atom is -0.496 e. The molecule has 0 radical (unpaired) electrons. The van der Waals surface area contributed by atoms with Crippen LogP contribution in [-0.2, 0) is 12.7 Å². The molecule has 0 aliphatic heterocycles. The van der Waals surface area contributed by atoms with Gasteiger partial charge >= 0.3 is 6.18 Å². The van der Waals surface area contributed by atoms with E-state index in [0.717, 1.165) is 37.6 Å². The van der Waals surface area contributed by atoms with E-state index in [-0.39, 0.29) is 11.3 Å². The highest BCUT2D eigenvalue weighted by molar-refractivity contribution is 5.97. The Kier molecular flexibility index (Phi) is 4.65. The predicted octanol–water partition coefficient (Wildman–Crippen LogP) is 3.67.